The maximum atomic E-state index is 12.4. The molecule has 2 aromatic rings. The zero-order valence-corrected chi connectivity index (χ0v) is 13.2. The van der Waals surface area contributed by atoms with Crippen LogP contribution >= 0.6 is 0 Å². The van der Waals surface area contributed by atoms with Crippen molar-refractivity contribution in [2.24, 2.45) is 11.8 Å². The lowest BCUT2D eigenvalue weighted by Gasteiger charge is -2.54. The van der Waals surface area contributed by atoms with Crippen LogP contribution in [0.5, 0.6) is 5.75 Å². The Balaban J connectivity index is 1.95. The van der Waals surface area contributed by atoms with Crippen molar-refractivity contribution in [2.75, 3.05) is 7.11 Å². The molecule has 2 bridgehead atoms. The molecule has 1 fully saturated rings. The molecule has 6 heteroatoms. The quantitative estimate of drug-likeness (QED) is 0.590. The van der Waals surface area contributed by atoms with Gasteiger partial charge in [-0.15, -0.1) is 0 Å². The smallest absolute Gasteiger partial charge is 0.321 e. The Morgan fingerprint density at radius 3 is 1.96 bits per heavy atom. The van der Waals surface area contributed by atoms with E-state index in [2.05, 4.69) is 0 Å². The van der Waals surface area contributed by atoms with Gasteiger partial charge in [0.2, 0.25) is 0 Å². The normalized spacial score (nSPS) is 34.2. The molecule has 1 saturated heterocycles. The van der Waals surface area contributed by atoms with Gasteiger partial charge in [0.1, 0.15) is 28.8 Å². The molecular formula is C19H14O6. The summed E-state index contributed by atoms with van der Waals surface area (Å²) < 4.78 is 10.0. The predicted molar refractivity (Wildman–Crippen MR) is 83.5 cm³/mol. The van der Waals surface area contributed by atoms with E-state index < -0.39 is 35.0 Å². The van der Waals surface area contributed by atoms with Gasteiger partial charge in [0, 0.05) is 0 Å². The molecule has 0 aromatic heterocycles. The summed E-state index contributed by atoms with van der Waals surface area (Å²) in [6.07, 6.45) is 0. The van der Waals surface area contributed by atoms with Gasteiger partial charge in [0.25, 0.3) is 0 Å². The maximum Gasteiger partial charge on any atom is 0.321 e. The molecule has 2 aromatic carbocycles. The van der Waals surface area contributed by atoms with Crippen molar-refractivity contribution in [1.82, 2.24) is 0 Å². The van der Waals surface area contributed by atoms with Crippen LogP contribution in [0.15, 0.2) is 42.5 Å². The second-order valence-electron chi connectivity index (χ2n) is 6.69. The summed E-state index contributed by atoms with van der Waals surface area (Å²) >= 11 is 0. The summed E-state index contributed by atoms with van der Waals surface area (Å²) in [7, 11) is 1.49. The molecule has 0 spiro atoms. The Morgan fingerprint density at radius 2 is 1.40 bits per heavy atom. The molecule has 6 nitrogen and oxygen atoms in total. The first-order chi connectivity index (χ1) is 11.9. The van der Waals surface area contributed by atoms with Crippen LogP contribution in [-0.4, -0.2) is 29.3 Å². The Bertz CT molecular complexity index is 966. The van der Waals surface area contributed by atoms with Gasteiger partial charge in [0.15, 0.2) is 0 Å². The van der Waals surface area contributed by atoms with Gasteiger partial charge < -0.3 is 19.7 Å². The van der Waals surface area contributed by atoms with E-state index >= 15 is 0 Å². The zero-order chi connectivity index (χ0) is 17.6. The number of carbonyl (C=O) groups excluding carboxylic acids is 2. The van der Waals surface area contributed by atoms with E-state index in [1.54, 1.807) is 42.5 Å². The number of cyclic esters (lactones) is 2. The predicted octanol–water partition coefficient (Wildman–Crippen LogP) is 0.810. The largest absolute Gasteiger partial charge is 0.497 e. The molecule has 4 unspecified atom stereocenters. The zero-order valence-electron chi connectivity index (χ0n) is 13.2. The standard InChI is InChI=1S/C19H14O6/c1-24-9-6-7-12-13(8-9)19(23)11-5-3-2-4-10(11)18(12,22)14-15(19)17(21)25-16(14)20/h2-8,14-15,22-23H,1H3. The Hall–Kier alpha value is -2.70. The van der Waals surface area contributed by atoms with Crippen LogP contribution in [-0.2, 0) is 25.5 Å². The summed E-state index contributed by atoms with van der Waals surface area (Å²) in [5.74, 6) is -3.53. The van der Waals surface area contributed by atoms with Crippen molar-refractivity contribution in [2.45, 2.75) is 11.2 Å². The summed E-state index contributed by atoms with van der Waals surface area (Å²) in [6, 6.07) is 11.7. The lowest BCUT2D eigenvalue weighted by atomic mass is 9.50. The minimum absolute atomic E-state index is 0.362. The lowest BCUT2D eigenvalue weighted by Crippen LogP contribution is -2.61. The van der Waals surface area contributed by atoms with Crippen molar-refractivity contribution in [1.29, 1.82) is 0 Å². The number of rotatable bonds is 1. The van der Waals surface area contributed by atoms with E-state index in [1.165, 1.54) is 7.11 Å². The highest BCUT2D eigenvalue weighted by atomic mass is 16.6. The van der Waals surface area contributed by atoms with Gasteiger partial charge >= 0.3 is 11.9 Å². The molecule has 1 heterocycles. The minimum atomic E-state index is -1.77. The minimum Gasteiger partial charge on any atom is -0.497 e. The van der Waals surface area contributed by atoms with E-state index in [-0.39, 0.29) is 0 Å². The van der Waals surface area contributed by atoms with Crippen molar-refractivity contribution in [3.63, 3.8) is 0 Å². The van der Waals surface area contributed by atoms with Crippen LogP contribution in [0.25, 0.3) is 0 Å². The molecule has 3 aliphatic carbocycles. The van der Waals surface area contributed by atoms with E-state index in [1.807, 2.05) is 0 Å². The molecule has 126 valence electrons. The fourth-order valence-corrected chi connectivity index (χ4v) is 4.73. The first kappa shape index (κ1) is 14.6. The van der Waals surface area contributed by atoms with Crippen molar-refractivity contribution in [3.8, 4) is 5.75 Å². The fraction of sp³-hybridized carbons (Fsp3) is 0.263. The highest BCUT2D eigenvalue weighted by Crippen LogP contribution is 2.64. The first-order valence-electron chi connectivity index (χ1n) is 7.93. The number of hydrogen-bond donors (Lipinski definition) is 2. The second kappa shape index (κ2) is 4.28. The van der Waals surface area contributed by atoms with Crippen molar-refractivity contribution >= 4 is 11.9 Å². The number of benzene rings is 2. The van der Waals surface area contributed by atoms with Gasteiger partial charge in [-0.2, -0.15) is 0 Å². The second-order valence-corrected chi connectivity index (χ2v) is 6.69. The highest BCUT2D eigenvalue weighted by Gasteiger charge is 2.73. The SMILES string of the molecule is COc1ccc2c(c1)C1(O)c3ccccc3C2(O)C2C(=O)OC(=O)C21. The molecule has 6 rings (SSSR count). The lowest BCUT2D eigenvalue weighted by molar-refractivity contribution is -0.155. The van der Waals surface area contributed by atoms with Crippen molar-refractivity contribution < 1.29 is 29.3 Å². The number of hydrogen-bond acceptors (Lipinski definition) is 6. The van der Waals surface area contributed by atoms with Crippen molar-refractivity contribution in [3.05, 3.63) is 64.7 Å². The third-order valence-electron chi connectivity index (χ3n) is 5.74. The average molecular weight is 338 g/mol. The number of esters is 2. The number of methoxy groups -OCH3 is 1. The molecule has 1 aliphatic heterocycles. The average Bonchev–Trinajstić information content (AvgIpc) is 2.94. The van der Waals surface area contributed by atoms with Gasteiger partial charge in [-0.05, 0) is 34.4 Å². The molecule has 0 radical (unpaired) electrons. The Labute approximate surface area is 142 Å². The summed E-state index contributed by atoms with van der Waals surface area (Å²) in [4.78, 5) is 24.7. The van der Waals surface area contributed by atoms with Crippen LogP contribution in [0.3, 0.4) is 0 Å². The molecule has 2 N–H and O–H groups in total. The van der Waals surface area contributed by atoms with E-state index in [0.717, 1.165) is 0 Å². The van der Waals surface area contributed by atoms with Gasteiger partial charge in [-0.3, -0.25) is 9.59 Å². The monoisotopic (exact) mass is 338 g/mol. The van der Waals surface area contributed by atoms with Crippen LogP contribution < -0.4 is 4.74 Å². The van der Waals surface area contributed by atoms with Crippen LogP contribution in [0.1, 0.15) is 22.3 Å². The van der Waals surface area contributed by atoms with E-state index in [0.29, 0.717) is 28.0 Å². The number of aliphatic hydroxyl groups is 2. The number of carbonyl (C=O) groups is 2. The molecule has 0 amide bonds. The molecule has 0 saturated carbocycles. The third-order valence-corrected chi connectivity index (χ3v) is 5.74. The van der Waals surface area contributed by atoms with Gasteiger partial charge in [-0.1, -0.05) is 30.3 Å². The van der Waals surface area contributed by atoms with Crippen LogP contribution in [0.4, 0.5) is 0 Å². The fourth-order valence-electron chi connectivity index (χ4n) is 4.73. The molecule has 4 atom stereocenters. The van der Waals surface area contributed by atoms with Gasteiger partial charge in [0.05, 0.1) is 7.11 Å². The van der Waals surface area contributed by atoms with Crippen LogP contribution in [0.2, 0.25) is 0 Å². The summed E-state index contributed by atoms with van der Waals surface area (Å²) in [5, 5.41) is 23.3. The topological polar surface area (TPSA) is 93.1 Å². The van der Waals surface area contributed by atoms with Gasteiger partial charge in [-0.25, -0.2) is 0 Å². The highest BCUT2D eigenvalue weighted by molar-refractivity contribution is 6.00. The van der Waals surface area contributed by atoms with E-state index in [9.17, 15) is 19.8 Å². The first-order valence-corrected chi connectivity index (χ1v) is 7.93. The third kappa shape index (κ3) is 1.40. The summed E-state index contributed by atoms with van der Waals surface area (Å²) in [6.45, 7) is 0. The molecule has 4 aliphatic rings. The number of ether oxygens (including phenoxy) is 2. The van der Waals surface area contributed by atoms with Crippen LogP contribution in [0, 0.1) is 11.8 Å². The Kier molecular flexibility index (Phi) is 2.50. The Morgan fingerprint density at radius 1 is 0.880 bits per heavy atom. The maximum absolute atomic E-state index is 12.4. The molecular weight excluding hydrogens is 324 g/mol. The van der Waals surface area contributed by atoms with E-state index in [4.69, 9.17) is 9.47 Å². The summed E-state index contributed by atoms with van der Waals surface area (Å²) in [5.41, 5.74) is -1.92. The molecule has 25 heavy (non-hydrogen) atoms.